The molecule has 0 radical (unpaired) electrons. The molecule has 1 aliphatic rings. The van der Waals surface area contributed by atoms with Crippen molar-refractivity contribution in [3.05, 3.63) is 5.82 Å². The molecule has 0 atom stereocenters. The molecule has 16 heavy (non-hydrogen) atoms. The lowest BCUT2D eigenvalue weighted by Crippen LogP contribution is -2.27. The molecule has 1 fully saturated rings. The Morgan fingerprint density at radius 1 is 1.50 bits per heavy atom. The molecule has 6 heteroatoms. The highest BCUT2D eigenvalue weighted by atomic mass is 32.2. The SMILES string of the molecule is CSC(C)(C)Cn1nnnc1CNC1CC1. The topological polar surface area (TPSA) is 55.6 Å². The minimum absolute atomic E-state index is 0.170. The molecule has 0 saturated heterocycles. The van der Waals surface area contributed by atoms with Gasteiger partial charge in [-0.15, -0.1) is 5.10 Å². The molecule has 1 heterocycles. The number of nitrogens with one attached hydrogen (secondary N) is 1. The van der Waals surface area contributed by atoms with Crippen LogP contribution in [-0.2, 0) is 13.1 Å². The molecule has 5 nitrogen and oxygen atoms in total. The van der Waals surface area contributed by atoms with Crippen LogP contribution in [0.2, 0.25) is 0 Å². The molecule has 1 aromatic rings. The van der Waals surface area contributed by atoms with E-state index in [4.69, 9.17) is 0 Å². The molecular weight excluding hydrogens is 222 g/mol. The molecule has 1 saturated carbocycles. The minimum Gasteiger partial charge on any atom is -0.307 e. The normalized spacial score (nSPS) is 16.7. The van der Waals surface area contributed by atoms with Crippen molar-refractivity contribution in [2.45, 2.75) is 50.6 Å². The van der Waals surface area contributed by atoms with Gasteiger partial charge in [-0.2, -0.15) is 11.8 Å². The summed E-state index contributed by atoms with van der Waals surface area (Å²) in [5.74, 6) is 0.939. The van der Waals surface area contributed by atoms with Crippen LogP contribution in [0.5, 0.6) is 0 Å². The second-order valence-corrected chi connectivity index (χ2v) is 6.39. The van der Waals surface area contributed by atoms with E-state index in [0.29, 0.717) is 6.04 Å². The molecular formula is C10H19N5S. The lowest BCUT2D eigenvalue weighted by Gasteiger charge is -2.21. The standard InChI is InChI=1S/C10H19N5S/c1-10(2,16-3)7-15-9(12-13-14-15)6-11-8-4-5-8/h8,11H,4-7H2,1-3H3. The first kappa shape index (κ1) is 11.9. The van der Waals surface area contributed by atoms with Crippen molar-refractivity contribution in [2.24, 2.45) is 0 Å². The Morgan fingerprint density at radius 2 is 2.25 bits per heavy atom. The van der Waals surface area contributed by atoms with E-state index in [1.807, 2.05) is 16.4 Å². The van der Waals surface area contributed by atoms with Crippen LogP contribution in [0.15, 0.2) is 0 Å². The summed E-state index contributed by atoms with van der Waals surface area (Å²) in [5.41, 5.74) is 0. The fourth-order valence-electron chi connectivity index (χ4n) is 1.42. The highest BCUT2D eigenvalue weighted by Gasteiger charge is 2.23. The van der Waals surface area contributed by atoms with E-state index in [-0.39, 0.29) is 4.75 Å². The average Bonchev–Trinajstić information content (AvgIpc) is 2.98. The number of hydrogen-bond acceptors (Lipinski definition) is 5. The monoisotopic (exact) mass is 241 g/mol. The molecule has 0 aliphatic heterocycles. The maximum Gasteiger partial charge on any atom is 0.165 e. The van der Waals surface area contributed by atoms with Crippen molar-refractivity contribution < 1.29 is 0 Å². The smallest absolute Gasteiger partial charge is 0.165 e. The Bertz CT molecular complexity index is 345. The first-order chi connectivity index (χ1) is 7.61. The molecule has 90 valence electrons. The molecule has 0 spiro atoms. The molecule has 0 unspecified atom stereocenters. The van der Waals surface area contributed by atoms with E-state index >= 15 is 0 Å². The van der Waals surface area contributed by atoms with Gasteiger partial charge in [-0.05, 0) is 43.4 Å². The zero-order valence-corrected chi connectivity index (χ0v) is 10.9. The van der Waals surface area contributed by atoms with Gasteiger partial charge in [0.25, 0.3) is 0 Å². The van der Waals surface area contributed by atoms with Crippen molar-refractivity contribution in [3.63, 3.8) is 0 Å². The fourth-order valence-corrected chi connectivity index (χ4v) is 1.67. The van der Waals surface area contributed by atoms with Gasteiger partial charge in [0.2, 0.25) is 0 Å². The third kappa shape index (κ3) is 3.18. The maximum absolute atomic E-state index is 4.06. The summed E-state index contributed by atoms with van der Waals surface area (Å²) in [6.45, 7) is 6.04. The van der Waals surface area contributed by atoms with Crippen LogP contribution in [0.25, 0.3) is 0 Å². The van der Waals surface area contributed by atoms with E-state index in [2.05, 4.69) is 40.9 Å². The minimum atomic E-state index is 0.170. The van der Waals surface area contributed by atoms with E-state index < -0.39 is 0 Å². The van der Waals surface area contributed by atoms with Gasteiger partial charge in [-0.1, -0.05) is 0 Å². The largest absolute Gasteiger partial charge is 0.307 e. The summed E-state index contributed by atoms with van der Waals surface area (Å²) in [5, 5.41) is 15.3. The predicted molar refractivity (Wildman–Crippen MR) is 65.3 cm³/mol. The number of hydrogen-bond donors (Lipinski definition) is 1. The summed E-state index contributed by atoms with van der Waals surface area (Å²) in [4.78, 5) is 0. The van der Waals surface area contributed by atoms with Crippen molar-refractivity contribution in [1.82, 2.24) is 25.5 Å². The highest BCUT2D eigenvalue weighted by molar-refractivity contribution is 7.99. The summed E-state index contributed by atoms with van der Waals surface area (Å²) in [6.07, 6.45) is 4.70. The number of aromatic nitrogens is 4. The van der Waals surface area contributed by atoms with E-state index in [1.54, 1.807) is 0 Å². The van der Waals surface area contributed by atoms with Gasteiger partial charge in [-0.25, -0.2) is 4.68 Å². The lowest BCUT2D eigenvalue weighted by molar-refractivity contribution is 0.480. The third-order valence-corrected chi connectivity index (χ3v) is 4.05. The number of tetrazole rings is 1. The van der Waals surface area contributed by atoms with Crippen LogP contribution >= 0.6 is 11.8 Å². The van der Waals surface area contributed by atoms with Crippen LogP contribution < -0.4 is 5.32 Å². The Kier molecular flexibility index (Phi) is 3.49. The van der Waals surface area contributed by atoms with Gasteiger partial charge in [0.05, 0.1) is 13.1 Å². The molecule has 2 rings (SSSR count). The van der Waals surface area contributed by atoms with Gasteiger partial charge < -0.3 is 5.32 Å². The van der Waals surface area contributed by atoms with E-state index in [0.717, 1.165) is 18.9 Å². The number of thioether (sulfide) groups is 1. The number of nitrogens with zero attached hydrogens (tertiary/aromatic N) is 4. The summed E-state index contributed by atoms with van der Waals surface area (Å²) in [7, 11) is 0. The third-order valence-electron chi connectivity index (χ3n) is 2.82. The second kappa shape index (κ2) is 4.71. The average molecular weight is 241 g/mol. The number of rotatable bonds is 6. The Labute approximate surface area is 100 Å². The second-order valence-electron chi connectivity index (χ2n) is 4.87. The summed E-state index contributed by atoms with van der Waals surface area (Å²) < 4.78 is 2.08. The van der Waals surface area contributed by atoms with Crippen LogP contribution in [0.3, 0.4) is 0 Å². The van der Waals surface area contributed by atoms with Crippen molar-refractivity contribution in [3.8, 4) is 0 Å². The predicted octanol–water partition coefficient (Wildman–Crippen LogP) is 1.07. The van der Waals surface area contributed by atoms with Gasteiger partial charge >= 0.3 is 0 Å². The van der Waals surface area contributed by atoms with Gasteiger partial charge in [0, 0.05) is 10.8 Å². The quantitative estimate of drug-likeness (QED) is 0.807. The summed E-state index contributed by atoms with van der Waals surface area (Å²) in [6, 6.07) is 0.693. The Balaban J connectivity index is 1.94. The zero-order valence-electron chi connectivity index (χ0n) is 10.1. The van der Waals surface area contributed by atoms with Crippen LogP contribution in [0.4, 0.5) is 0 Å². The zero-order chi connectivity index (χ0) is 11.6. The molecule has 0 amide bonds. The van der Waals surface area contributed by atoms with Gasteiger partial charge in [-0.3, -0.25) is 0 Å². The molecule has 1 aliphatic carbocycles. The Morgan fingerprint density at radius 3 is 2.88 bits per heavy atom. The molecule has 1 N–H and O–H groups in total. The van der Waals surface area contributed by atoms with Gasteiger partial charge in [0.15, 0.2) is 5.82 Å². The van der Waals surface area contributed by atoms with Crippen LogP contribution in [0.1, 0.15) is 32.5 Å². The van der Waals surface area contributed by atoms with Crippen molar-refractivity contribution in [1.29, 1.82) is 0 Å². The van der Waals surface area contributed by atoms with Crippen LogP contribution in [0, 0.1) is 0 Å². The van der Waals surface area contributed by atoms with E-state index in [1.165, 1.54) is 12.8 Å². The van der Waals surface area contributed by atoms with Crippen molar-refractivity contribution >= 4 is 11.8 Å². The molecule has 0 bridgehead atoms. The van der Waals surface area contributed by atoms with Crippen molar-refractivity contribution in [2.75, 3.05) is 6.26 Å². The van der Waals surface area contributed by atoms with E-state index in [9.17, 15) is 0 Å². The van der Waals surface area contributed by atoms with Crippen LogP contribution in [-0.4, -0.2) is 37.3 Å². The van der Waals surface area contributed by atoms with Gasteiger partial charge in [0.1, 0.15) is 0 Å². The highest BCUT2D eigenvalue weighted by Crippen LogP contribution is 2.23. The molecule has 0 aromatic carbocycles. The molecule has 1 aromatic heterocycles. The Hall–Kier alpha value is -0.620. The summed E-state index contributed by atoms with van der Waals surface area (Å²) >= 11 is 1.83. The fraction of sp³-hybridized carbons (Fsp3) is 0.900. The lowest BCUT2D eigenvalue weighted by atomic mass is 10.2. The first-order valence-electron chi connectivity index (χ1n) is 5.64. The maximum atomic E-state index is 4.06. The first-order valence-corrected chi connectivity index (χ1v) is 6.87.